The number of carbonyl (C=O) groups is 1. The Hall–Kier alpha value is -2.31. The van der Waals surface area contributed by atoms with Gasteiger partial charge in [0, 0.05) is 0 Å². The van der Waals surface area contributed by atoms with Crippen molar-refractivity contribution in [2.75, 3.05) is 5.43 Å². The van der Waals surface area contributed by atoms with Gasteiger partial charge in [0.1, 0.15) is 11.9 Å². The summed E-state index contributed by atoms with van der Waals surface area (Å²) in [4.78, 5) is 10.9. The van der Waals surface area contributed by atoms with Gasteiger partial charge in [0.05, 0.1) is 0 Å². The molecule has 21 heavy (non-hydrogen) atoms. The highest BCUT2D eigenvalue weighted by molar-refractivity contribution is 5.88. The summed E-state index contributed by atoms with van der Waals surface area (Å²) in [6.07, 6.45) is -0.594. The molecule has 2 aromatic rings. The van der Waals surface area contributed by atoms with E-state index in [0.717, 1.165) is 27.1 Å². The minimum Gasteiger partial charge on any atom is -0.261 e. The first kappa shape index (κ1) is 15.1. The third-order valence-corrected chi connectivity index (χ3v) is 3.02. The number of nitrogens with one attached hydrogen (secondary N) is 1. The normalized spacial score (nSPS) is 11.5. The lowest BCUT2D eigenvalue weighted by Gasteiger charge is -2.07. The van der Waals surface area contributed by atoms with Crippen molar-refractivity contribution >= 4 is 5.91 Å². The molecule has 1 aromatic heterocycles. The van der Waals surface area contributed by atoms with E-state index in [0.29, 0.717) is 0 Å². The van der Waals surface area contributed by atoms with Crippen LogP contribution in [0.1, 0.15) is 16.7 Å². The average molecular weight is 298 g/mol. The Morgan fingerprint density at radius 3 is 2.29 bits per heavy atom. The predicted octanol–water partition coefficient (Wildman–Crippen LogP) is 2.32. The van der Waals surface area contributed by atoms with Crippen molar-refractivity contribution < 1.29 is 22.5 Å². The number of rotatable bonds is 2. The molecule has 0 aliphatic carbocycles. The van der Waals surface area contributed by atoms with E-state index in [1.54, 1.807) is 16.2 Å². The van der Waals surface area contributed by atoms with Crippen LogP contribution in [0.2, 0.25) is 0 Å². The van der Waals surface area contributed by atoms with Gasteiger partial charge >= 0.3 is 12.1 Å². The summed E-state index contributed by atoms with van der Waals surface area (Å²) in [5.41, 5.74) is 5.74. The lowest BCUT2D eigenvalue weighted by Crippen LogP contribution is -2.36. The first-order valence-electron chi connectivity index (χ1n) is 6.24. The highest BCUT2D eigenvalue weighted by atomic mass is 19.4. The zero-order valence-electron chi connectivity index (χ0n) is 11.8. The molecule has 0 aliphatic rings. The molecular weight excluding hydrogens is 283 g/mol. The maximum absolute atomic E-state index is 12.2. The van der Waals surface area contributed by atoms with Gasteiger partial charge in [-0.3, -0.25) is 4.79 Å². The third kappa shape index (κ3) is 3.24. The van der Waals surface area contributed by atoms with E-state index in [1.807, 2.05) is 32.9 Å². The Bertz CT molecular complexity index is 666. The van der Waals surface area contributed by atoms with Crippen molar-refractivity contribution in [3.05, 3.63) is 47.5 Å². The molecule has 0 aliphatic heterocycles. The fraction of sp³-hybridized carbons (Fsp3) is 0.286. The summed E-state index contributed by atoms with van der Waals surface area (Å²) in [5, 5.41) is 0. The van der Waals surface area contributed by atoms with Crippen molar-refractivity contribution in [1.82, 2.24) is 4.68 Å². The number of aryl methyl sites for hydroxylation is 3. The van der Waals surface area contributed by atoms with E-state index in [2.05, 4.69) is 0 Å². The van der Waals surface area contributed by atoms with E-state index in [9.17, 15) is 18.0 Å². The molecule has 0 radical (unpaired) electrons. The van der Waals surface area contributed by atoms with Gasteiger partial charge in [0.2, 0.25) is 0 Å². The lowest BCUT2D eigenvalue weighted by atomic mass is 10.1. The lowest BCUT2D eigenvalue weighted by molar-refractivity contribution is -0.595. The molecule has 0 saturated carbocycles. The topological polar surface area (TPSA) is 37.9 Å². The quantitative estimate of drug-likeness (QED) is 0.849. The van der Waals surface area contributed by atoms with Crippen molar-refractivity contribution in [2.45, 2.75) is 26.9 Å². The second kappa shape index (κ2) is 5.23. The molecule has 0 atom stereocenters. The van der Waals surface area contributed by atoms with Gasteiger partial charge < -0.3 is 0 Å². The van der Waals surface area contributed by atoms with Gasteiger partial charge in [0.25, 0.3) is 6.33 Å². The molecule has 0 fully saturated rings. The smallest absolute Gasteiger partial charge is 0.261 e. The molecule has 2 rings (SSSR count). The average Bonchev–Trinajstić information content (AvgIpc) is 2.74. The molecule has 112 valence electrons. The van der Waals surface area contributed by atoms with E-state index in [4.69, 9.17) is 0 Å². The molecule has 4 nitrogen and oxygen atoms in total. The summed E-state index contributed by atoms with van der Waals surface area (Å²) in [5.74, 6) is -2.01. The summed E-state index contributed by atoms with van der Waals surface area (Å²) in [6.45, 7) is 5.82. The van der Waals surface area contributed by atoms with Crippen LogP contribution in [0.25, 0.3) is 5.69 Å². The van der Waals surface area contributed by atoms with Gasteiger partial charge in [-0.05, 0) is 31.9 Å². The number of benzene rings is 1. The highest BCUT2D eigenvalue weighted by Gasteiger charge is 2.40. The minimum atomic E-state index is -4.91. The summed E-state index contributed by atoms with van der Waals surface area (Å²) >= 11 is 0. The van der Waals surface area contributed by atoms with Crippen molar-refractivity contribution in [1.29, 1.82) is 0 Å². The maximum Gasteiger partial charge on any atom is 0.474 e. The minimum absolute atomic E-state index is 0.876. The number of imidazole rings is 1. The SMILES string of the molecule is Cc1cc(C)c(-[n+]2ccn(NC(=O)C(F)(F)F)c2)c(C)c1. The Morgan fingerprint density at radius 2 is 1.76 bits per heavy atom. The largest absolute Gasteiger partial charge is 0.474 e. The number of hydrogen-bond donors (Lipinski definition) is 1. The van der Waals surface area contributed by atoms with Crippen molar-refractivity contribution in [3.63, 3.8) is 0 Å². The van der Waals surface area contributed by atoms with Crippen molar-refractivity contribution in [2.24, 2.45) is 0 Å². The number of hydrogen-bond acceptors (Lipinski definition) is 1. The molecule has 1 heterocycles. The van der Waals surface area contributed by atoms with Crippen LogP contribution in [0.3, 0.4) is 0 Å². The van der Waals surface area contributed by atoms with Crippen LogP contribution in [0.5, 0.6) is 0 Å². The molecular formula is C14H15F3N3O+. The van der Waals surface area contributed by atoms with Crippen LogP contribution in [0, 0.1) is 20.8 Å². The summed E-state index contributed by atoms with van der Waals surface area (Å²) < 4.78 is 39.3. The molecule has 0 bridgehead atoms. The second-order valence-corrected chi connectivity index (χ2v) is 4.91. The van der Waals surface area contributed by atoms with Crippen LogP contribution >= 0.6 is 0 Å². The van der Waals surface area contributed by atoms with Gasteiger partial charge in [0.15, 0.2) is 6.20 Å². The Labute approximate surface area is 119 Å². The summed E-state index contributed by atoms with van der Waals surface area (Å²) in [7, 11) is 0. The molecule has 1 amide bonds. The molecule has 0 unspecified atom stereocenters. The van der Waals surface area contributed by atoms with Crippen molar-refractivity contribution in [3.8, 4) is 5.69 Å². The number of halogens is 3. The van der Waals surface area contributed by atoms with Gasteiger partial charge in [-0.2, -0.15) is 23.2 Å². The van der Waals surface area contributed by atoms with Gasteiger partial charge in [-0.25, -0.2) is 0 Å². The Kier molecular flexibility index (Phi) is 3.76. The maximum atomic E-state index is 12.2. The molecule has 1 aromatic carbocycles. The van der Waals surface area contributed by atoms with E-state index in [-0.39, 0.29) is 0 Å². The van der Waals surface area contributed by atoms with Crippen LogP contribution in [-0.2, 0) is 4.79 Å². The van der Waals surface area contributed by atoms with E-state index >= 15 is 0 Å². The number of nitrogens with zero attached hydrogens (tertiary/aromatic N) is 2. The van der Waals surface area contributed by atoms with Crippen LogP contribution < -0.4 is 9.99 Å². The molecule has 0 spiro atoms. The number of carbonyl (C=O) groups excluding carboxylic acids is 1. The van der Waals surface area contributed by atoms with Gasteiger partial charge in [-0.15, -0.1) is 4.68 Å². The fourth-order valence-electron chi connectivity index (χ4n) is 2.31. The fourth-order valence-corrected chi connectivity index (χ4v) is 2.31. The predicted molar refractivity (Wildman–Crippen MR) is 70.6 cm³/mol. The third-order valence-electron chi connectivity index (χ3n) is 3.02. The molecule has 0 saturated heterocycles. The van der Waals surface area contributed by atoms with Crippen LogP contribution in [-0.4, -0.2) is 16.8 Å². The van der Waals surface area contributed by atoms with E-state index in [1.165, 1.54) is 12.5 Å². The number of aromatic nitrogens is 2. The second-order valence-electron chi connectivity index (χ2n) is 4.91. The Morgan fingerprint density at radius 1 is 1.19 bits per heavy atom. The van der Waals surface area contributed by atoms with E-state index < -0.39 is 12.1 Å². The van der Waals surface area contributed by atoms with Crippen LogP contribution in [0.4, 0.5) is 13.2 Å². The zero-order chi connectivity index (χ0) is 15.8. The Balaban J connectivity index is 2.31. The zero-order valence-corrected chi connectivity index (χ0v) is 11.8. The van der Waals surface area contributed by atoms with Gasteiger partial charge in [-0.1, -0.05) is 17.7 Å². The first-order valence-corrected chi connectivity index (χ1v) is 6.24. The number of alkyl halides is 3. The molecule has 1 N–H and O–H groups in total. The monoisotopic (exact) mass is 298 g/mol. The highest BCUT2D eigenvalue weighted by Crippen LogP contribution is 2.16. The number of amides is 1. The first-order chi connectivity index (χ1) is 9.68. The van der Waals surface area contributed by atoms with Crippen LogP contribution in [0.15, 0.2) is 30.9 Å². The summed E-state index contributed by atoms with van der Waals surface area (Å²) in [6, 6.07) is 3.97. The molecule has 7 heteroatoms. The standard InChI is InChI=1S/C14H14F3N3O/c1-9-6-10(2)12(11(3)7-9)19-4-5-20(8-19)18-13(21)14(15,16)17/h4-8H,1-3H3/p+1.